The molecule has 11 nitrogen and oxygen atoms in total. The molecule has 1 aliphatic heterocycles. The number of amides is 3. The van der Waals surface area contributed by atoms with Crippen LogP contribution >= 0.6 is 11.8 Å². The fourth-order valence-corrected chi connectivity index (χ4v) is 5.70. The molecule has 42 heavy (non-hydrogen) atoms. The van der Waals surface area contributed by atoms with Crippen LogP contribution in [0.15, 0.2) is 54.7 Å². The van der Waals surface area contributed by atoms with E-state index in [1.807, 2.05) is 30.5 Å². The Labute approximate surface area is 248 Å². The van der Waals surface area contributed by atoms with Gasteiger partial charge < -0.3 is 36.5 Å². The van der Waals surface area contributed by atoms with Crippen LogP contribution in [0.3, 0.4) is 0 Å². The Hall–Kier alpha value is -4.03. The molecular weight excluding hydrogens is 558 g/mol. The van der Waals surface area contributed by atoms with E-state index in [-0.39, 0.29) is 25.1 Å². The van der Waals surface area contributed by atoms with Crippen LogP contribution in [0.1, 0.15) is 30.4 Å². The van der Waals surface area contributed by atoms with Crippen LogP contribution in [-0.2, 0) is 32.0 Å². The monoisotopic (exact) mass is 595 g/mol. The molecule has 0 saturated carbocycles. The summed E-state index contributed by atoms with van der Waals surface area (Å²) in [5.41, 5.74) is 8.45. The molecule has 0 aliphatic carbocycles. The van der Waals surface area contributed by atoms with Crippen molar-refractivity contribution < 1.29 is 29.4 Å². The second kappa shape index (κ2) is 14.2. The number of aliphatic carboxylic acids is 1. The summed E-state index contributed by atoms with van der Waals surface area (Å²) in [6, 6.07) is 9.87. The number of para-hydroxylation sites is 1. The van der Waals surface area contributed by atoms with Crippen molar-refractivity contribution in [1.29, 1.82) is 0 Å². The number of carboxylic acids is 1. The van der Waals surface area contributed by atoms with Crippen molar-refractivity contribution in [1.82, 2.24) is 20.5 Å². The molecule has 3 aromatic rings. The van der Waals surface area contributed by atoms with Crippen molar-refractivity contribution in [3.63, 3.8) is 0 Å². The number of H-pyrrole nitrogens is 1. The maximum Gasteiger partial charge on any atom is 0.326 e. The number of aromatic hydroxyl groups is 1. The highest BCUT2D eigenvalue weighted by atomic mass is 32.2. The molecule has 0 bridgehead atoms. The topological polar surface area (TPSA) is 178 Å². The lowest BCUT2D eigenvalue weighted by Gasteiger charge is -2.29. The molecule has 4 unspecified atom stereocenters. The fourth-order valence-electron chi connectivity index (χ4n) is 5.21. The molecule has 0 spiro atoms. The zero-order valence-corrected chi connectivity index (χ0v) is 24.2. The highest BCUT2D eigenvalue weighted by molar-refractivity contribution is 7.98. The van der Waals surface area contributed by atoms with E-state index in [0.717, 1.165) is 16.5 Å². The zero-order chi connectivity index (χ0) is 30.2. The van der Waals surface area contributed by atoms with E-state index in [4.69, 9.17) is 5.73 Å². The Morgan fingerprint density at radius 2 is 1.76 bits per heavy atom. The molecule has 1 aromatic heterocycles. The van der Waals surface area contributed by atoms with Crippen LogP contribution in [0.4, 0.5) is 0 Å². The van der Waals surface area contributed by atoms with Gasteiger partial charge in [-0.3, -0.25) is 14.4 Å². The van der Waals surface area contributed by atoms with Gasteiger partial charge in [0.05, 0.1) is 6.04 Å². The largest absolute Gasteiger partial charge is 0.508 e. The van der Waals surface area contributed by atoms with Crippen LogP contribution < -0.4 is 16.4 Å². The van der Waals surface area contributed by atoms with Crippen LogP contribution in [0.2, 0.25) is 0 Å². The quantitative estimate of drug-likeness (QED) is 0.173. The van der Waals surface area contributed by atoms with Crippen molar-refractivity contribution in [2.45, 2.75) is 56.3 Å². The summed E-state index contributed by atoms with van der Waals surface area (Å²) in [6.07, 6.45) is 5.20. The van der Waals surface area contributed by atoms with Crippen LogP contribution in [-0.4, -0.2) is 86.5 Å². The number of fused-ring (bicyclic) bond motifs is 1. The summed E-state index contributed by atoms with van der Waals surface area (Å²) in [6.45, 7) is 0.261. The molecule has 2 aromatic carbocycles. The number of hydrogen-bond acceptors (Lipinski definition) is 7. The molecule has 1 aliphatic rings. The van der Waals surface area contributed by atoms with Gasteiger partial charge in [-0.05, 0) is 60.6 Å². The van der Waals surface area contributed by atoms with Gasteiger partial charge in [-0.1, -0.05) is 30.3 Å². The number of carbonyl (C=O) groups is 4. The Balaban J connectivity index is 1.61. The first-order valence-corrected chi connectivity index (χ1v) is 15.3. The normalized spacial score (nSPS) is 17.0. The summed E-state index contributed by atoms with van der Waals surface area (Å²) < 4.78 is 0. The number of likely N-dealkylation sites (tertiary alicyclic amines) is 1. The first-order valence-electron chi connectivity index (χ1n) is 13.9. The number of nitrogens with zero attached hydrogens (tertiary/aromatic N) is 1. The molecule has 12 heteroatoms. The van der Waals surface area contributed by atoms with Gasteiger partial charge in [-0.2, -0.15) is 11.8 Å². The molecule has 3 amide bonds. The number of phenolic OH excluding ortho intramolecular Hbond substituents is 1. The van der Waals surface area contributed by atoms with Crippen molar-refractivity contribution in [2.24, 2.45) is 5.73 Å². The molecule has 2 heterocycles. The first kappa shape index (κ1) is 30.9. The highest BCUT2D eigenvalue weighted by Gasteiger charge is 2.38. The number of carboxylic acid groups (broad SMARTS) is 1. The SMILES string of the molecule is CSCCC(N)C(=O)NC(Cc1c[nH]c2ccccc12)C(=O)NC(Cc1ccc(O)cc1)C(=O)N1CCCC1C(=O)O. The third kappa shape index (κ3) is 7.62. The van der Waals surface area contributed by atoms with E-state index in [0.29, 0.717) is 30.6 Å². The summed E-state index contributed by atoms with van der Waals surface area (Å²) in [5, 5.41) is 25.9. The summed E-state index contributed by atoms with van der Waals surface area (Å²) in [4.78, 5) is 56.9. The van der Waals surface area contributed by atoms with Crippen molar-refractivity contribution in [2.75, 3.05) is 18.6 Å². The van der Waals surface area contributed by atoms with Gasteiger partial charge in [0, 0.05) is 36.5 Å². The lowest BCUT2D eigenvalue weighted by Crippen LogP contribution is -2.58. The van der Waals surface area contributed by atoms with Gasteiger partial charge in [-0.25, -0.2) is 4.79 Å². The predicted molar refractivity (Wildman–Crippen MR) is 161 cm³/mol. The van der Waals surface area contributed by atoms with Crippen molar-refractivity contribution >= 4 is 46.4 Å². The number of benzene rings is 2. The van der Waals surface area contributed by atoms with Gasteiger partial charge in [0.1, 0.15) is 23.9 Å². The average molecular weight is 596 g/mol. The van der Waals surface area contributed by atoms with E-state index in [2.05, 4.69) is 15.6 Å². The van der Waals surface area contributed by atoms with Crippen LogP contribution in [0.25, 0.3) is 10.9 Å². The number of carbonyl (C=O) groups excluding carboxylic acids is 3. The molecule has 1 saturated heterocycles. The molecule has 1 fully saturated rings. The third-order valence-electron chi connectivity index (χ3n) is 7.51. The number of phenols is 1. The minimum atomic E-state index is -1.10. The van der Waals surface area contributed by atoms with Gasteiger partial charge in [0.25, 0.3) is 0 Å². The van der Waals surface area contributed by atoms with Gasteiger partial charge in [-0.15, -0.1) is 0 Å². The molecule has 4 atom stereocenters. The highest BCUT2D eigenvalue weighted by Crippen LogP contribution is 2.22. The minimum Gasteiger partial charge on any atom is -0.508 e. The first-order chi connectivity index (χ1) is 20.2. The summed E-state index contributed by atoms with van der Waals surface area (Å²) in [5.74, 6) is -1.95. The Morgan fingerprint density at radius 3 is 2.48 bits per heavy atom. The van der Waals surface area contributed by atoms with E-state index >= 15 is 0 Å². The second-order valence-electron chi connectivity index (χ2n) is 10.5. The number of thioether (sulfide) groups is 1. The van der Waals surface area contributed by atoms with Gasteiger partial charge in [0.15, 0.2) is 0 Å². The molecule has 0 radical (unpaired) electrons. The average Bonchev–Trinajstić information content (AvgIpc) is 3.64. The number of rotatable bonds is 13. The van der Waals surface area contributed by atoms with Crippen LogP contribution in [0.5, 0.6) is 5.75 Å². The smallest absolute Gasteiger partial charge is 0.326 e. The van der Waals surface area contributed by atoms with Gasteiger partial charge >= 0.3 is 5.97 Å². The van der Waals surface area contributed by atoms with E-state index in [1.165, 1.54) is 17.0 Å². The predicted octanol–water partition coefficient (Wildman–Crippen LogP) is 1.78. The molecule has 224 valence electrons. The fraction of sp³-hybridized carbons (Fsp3) is 0.400. The van der Waals surface area contributed by atoms with Crippen molar-refractivity contribution in [3.8, 4) is 5.75 Å². The number of aromatic nitrogens is 1. The van der Waals surface area contributed by atoms with Gasteiger partial charge in [0.2, 0.25) is 17.7 Å². The zero-order valence-electron chi connectivity index (χ0n) is 23.4. The summed E-state index contributed by atoms with van der Waals surface area (Å²) >= 11 is 1.56. The maximum atomic E-state index is 13.9. The Kier molecular flexibility index (Phi) is 10.5. The van der Waals surface area contributed by atoms with E-state index in [1.54, 1.807) is 30.1 Å². The number of nitrogens with two attached hydrogens (primary N) is 1. The second-order valence-corrected chi connectivity index (χ2v) is 11.5. The summed E-state index contributed by atoms with van der Waals surface area (Å²) in [7, 11) is 0. The van der Waals surface area contributed by atoms with E-state index in [9.17, 15) is 29.4 Å². The lowest BCUT2D eigenvalue weighted by molar-refractivity contribution is -0.149. The number of nitrogens with one attached hydrogen (secondary N) is 3. The Morgan fingerprint density at radius 1 is 1.05 bits per heavy atom. The van der Waals surface area contributed by atoms with Crippen LogP contribution in [0, 0.1) is 0 Å². The number of hydrogen-bond donors (Lipinski definition) is 6. The van der Waals surface area contributed by atoms with E-state index < -0.39 is 47.9 Å². The van der Waals surface area contributed by atoms with Crippen molar-refractivity contribution in [3.05, 3.63) is 65.9 Å². The maximum absolute atomic E-state index is 13.9. The molecule has 7 N–H and O–H groups in total. The minimum absolute atomic E-state index is 0.0514. The number of aromatic amines is 1. The molecular formula is C30H37N5O6S. The Bertz CT molecular complexity index is 1410. The third-order valence-corrected chi connectivity index (χ3v) is 8.16. The molecule has 4 rings (SSSR count). The standard InChI is InChI=1S/C30H37N5O6S/c1-42-14-12-22(31)27(37)33-24(16-19-17-32-23-6-3-2-5-21(19)23)28(38)34-25(15-18-8-10-20(36)11-9-18)29(39)35-13-4-7-26(35)30(40)41/h2-3,5-6,8-11,17,22,24-26,32,36H,4,7,12-16,31H2,1H3,(H,33,37)(H,34,38)(H,40,41). The lowest BCUT2D eigenvalue weighted by atomic mass is 10.0.